The van der Waals surface area contributed by atoms with Gasteiger partial charge in [-0.15, -0.1) is 0 Å². The van der Waals surface area contributed by atoms with E-state index in [1.165, 1.54) is 22.3 Å². The summed E-state index contributed by atoms with van der Waals surface area (Å²) < 4.78 is 0. The van der Waals surface area contributed by atoms with Gasteiger partial charge in [-0.3, -0.25) is 0 Å². The highest BCUT2D eigenvalue weighted by molar-refractivity contribution is 5.91. The fraction of sp³-hybridized carbons (Fsp3) is 0.0952. The van der Waals surface area contributed by atoms with E-state index in [4.69, 9.17) is 0 Å². The van der Waals surface area contributed by atoms with Crippen molar-refractivity contribution in [1.82, 2.24) is 5.32 Å². The lowest BCUT2D eigenvalue weighted by molar-refractivity contribution is 0.251. The molecule has 0 aromatic heterocycles. The largest absolute Gasteiger partial charge is 0.334 e. The number of benzene rings is 3. The van der Waals surface area contributed by atoms with Gasteiger partial charge in [0.2, 0.25) is 0 Å². The van der Waals surface area contributed by atoms with E-state index in [9.17, 15) is 4.79 Å². The Bertz CT molecular complexity index is 887. The molecule has 3 aromatic carbocycles. The number of fused-ring (bicyclic) bond motifs is 3. The van der Waals surface area contributed by atoms with Gasteiger partial charge in [-0.1, -0.05) is 60.7 Å². The molecule has 24 heavy (non-hydrogen) atoms. The summed E-state index contributed by atoms with van der Waals surface area (Å²) in [7, 11) is 0. The van der Waals surface area contributed by atoms with E-state index in [1.807, 2.05) is 36.4 Å². The first kappa shape index (κ1) is 14.5. The van der Waals surface area contributed by atoms with Crippen LogP contribution in [0.5, 0.6) is 0 Å². The molecular formula is C21H18N2O. The Morgan fingerprint density at radius 1 is 0.833 bits per heavy atom. The minimum absolute atomic E-state index is 0.190. The van der Waals surface area contributed by atoms with Crippen LogP contribution < -0.4 is 10.6 Å². The zero-order valence-corrected chi connectivity index (χ0v) is 13.3. The van der Waals surface area contributed by atoms with Crippen molar-refractivity contribution in [2.45, 2.75) is 13.0 Å². The Balaban J connectivity index is 1.46. The van der Waals surface area contributed by atoms with E-state index in [0.717, 1.165) is 17.7 Å². The number of urea groups is 1. The van der Waals surface area contributed by atoms with E-state index < -0.39 is 0 Å². The molecule has 0 aliphatic heterocycles. The van der Waals surface area contributed by atoms with Gasteiger partial charge in [-0.05, 0) is 46.4 Å². The summed E-state index contributed by atoms with van der Waals surface area (Å²) in [6.07, 6.45) is 0.964. The number of hydrogen-bond donors (Lipinski definition) is 2. The Morgan fingerprint density at radius 3 is 2.46 bits per heavy atom. The molecule has 1 aliphatic rings. The van der Waals surface area contributed by atoms with Crippen molar-refractivity contribution < 1.29 is 4.79 Å². The van der Waals surface area contributed by atoms with E-state index >= 15 is 0 Å². The Morgan fingerprint density at radius 2 is 1.58 bits per heavy atom. The SMILES string of the molecule is O=C(NCc1ccccc1)Nc1ccc2c(c1)-c1ccccc1C2. The van der Waals surface area contributed by atoms with E-state index in [-0.39, 0.29) is 6.03 Å². The third-order valence-corrected chi connectivity index (χ3v) is 4.35. The van der Waals surface area contributed by atoms with Crippen LogP contribution in [0.2, 0.25) is 0 Å². The molecule has 2 N–H and O–H groups in total. The molecule has 0 radical (unpaired) electrons. The minimum atomic E-state index is -0.190. The summed E-state index contributed by atoms with van der Waals surface area (Å²) >= 11 is 0. The van der Waals surface area contributed by atoms with E-state index in [1.54, 1.807) is 0 Å². The van der Waals surface area contributed by atoms with Crippen LogP contribution in [0, 0.1) is 0 Å². The molecule has 4 rings (SSSR count). The first-order chi connectivity index (χ1) is 11.8. The van der Waals surface area contributed by atoms with Crippen LogP contribution in [-0.2, 0) is 13.0 Å². The summed E-state index contributed by atoms with van der Waals surface area (Å²) in [4.78, 5) is 12.1. The predicted octanol–water partition coefficient (Wildman–Crippen LogP) is 4.58. The van der Waals surface area contributed by atoms with Gasteiger partial charge in [0, 0.05) is 12.2 Å². The summed E-state index contributed by atoms with van der Waals surface area (Å²) in [5, 5.41) is 5.81. The van der Waals surface area contributed by atoms with Gasteiger partial charge in [-0.2, -0.15) is 0 Å². The van der Waals surface area contributed by atoms with Gasteiger partial charge in [0.25, 0.3) is 0 Å². The van der Waals surface area contributed by atoms with Gasteiger partial charge in [0.15, 0.2) is 0 Å². The van der Waals surface area contributed by atoms with Gasteiger partial charge >= 0.3 is 6.03 Å². The number of carbonyl (C=O) groups excluding carboxylic acids is 1. The molecule has 3 aromatic rings. The molecule has 0 saturated carbocycles. The van der Waals surface area contributed by atoms with Crippen molar-refractivity contribution >= 4 is 11.7 Å². The lowest BCUT2D eigenvalue weighted by Crippen LogP contribution is -2.28. The number of rotatable bonds is 3. The van der Waals surface area contributed by atoms with Crippen molar-refractivity contribution in [1.29, 1.82) is 0 Å². The smallest absolute Gasteiger partial charge is 0.319 e. The lowest BCUT2D eigenvalue weighted by Gasteiger charge is -2.09. The number of amides is 2. The topological polar surface area (TPSA) is 41.1 Å². The van der Waals surface area contributed by atoms with E-state index in [0.29, 0.717) is 6.54 Å². The molecule has 0 bridgehead atoms. The van der Waals surface area contributed by atoms with Gasteiger partial charge in [0.05, 0.1) is 0 Å². The van der Waals surface area contributed by atoms with Crippen molar-refractivity contribution in [3.05, 3.63) is 89.5 Å². The molecule has 0 heterocycles. The molecule has 0 saturated heterocycles. The summed E-state index contributed by atoms with van der Waals surface area (Å²) in [6.45, 7) is 0.514. The van der Waals surface area contributed by atoms with Crippen molar-refractivity contribution in [3.63, 3.8) is 0 Å². The number of hydrogen-bond acceptors (Lipinski definition) is 1. The second-order valence-corrected chi connectivity index (χ2v) is 6.00. The summed E-state index contributed by atoms with van der Waals surface area (Å²) in [5.74, 6) is 0. The third-order valence-electron chi connectivity index (χ3n) is 4.35. The molecule has 0 atom stereocenters. The maximum Gasteiger partial charge on any atom is 0.319 e. The second kappa shape index (κ2) is 6.20. The van der Waals surface area contributed by atoms with Crippen LogP contribution in [0.1, 0.15) is 16.7 Å². The summed E-state index contributed by atoms with van der Waals surface area (Å²) in [6, 6.07) is 24.2. The van der Waals surface area contributed by atoms with Gasteiger partial charge in [0.1, 0.15) is 0 Å². The average molecular weight is 314 g/mol. The molecule has 118 valence electrons. The number of carbonyl (C=O) groups is 1. The van der Waals surface area contributed by atoms with Gasteiger partial charge in [-0.25, -0.2) is 4.79 Å². The maximum atomic E-state index is 12.1. The predicted molar refractivity (Wildman–Crippen MR) is 97.0 cm³/mol. The first-order valence-corrected chi connectivity index (χ1v) is 8.09. The number of anilines is 1. The molecule has 3 heteroatoms. The first-order valence-electron chi connectivity index (χ1n) is 8.09. The van der Waals surface area contributed by atoms with Crippen molar-refractivity contribution in [2.24, 2.45) is 0 Å². The van der Waals surface area contributed by atoms with Crippen molar-refractivity contribution in [3.8, 4) is 11.1 Å². The van der Waals surface area contributed by atoms with Crippen molar-refractivity contribution in [2.75, 3.05) is 5.32 Å². The molecule has 0 spiro atoms. The van der Waals surface area contributed by atoms with Crippen LogP contribution in [0.15, 0.2) is 72.8 Å². The fourth-order valence-electron chi connectivity index (χ4n) is 3.15. The van der Waals surface area contributed by atoms with Crippen LogP contribution in [0.4, 0.5) is 10.5 Å². The van der Waals surface area contributed by atoms with Crippen LogP contribution in [-0.4, -0.2) is 6.03 Å². The third kappa shape index (κ3) is 2.88. The Hall–Kier alpha value is -3.07. The zero-order chi connectivity index (χ0) is 16.4. The second-order valence-electron chi connectivity index (χ2n) is 6.00. The highest BCUT2D eigenvalue weighted by Crippen LogP contribution is 2.37. The average Bonchev–Trinajstić information content (AvgIpc) is 2.99. The molecule has 3 nitrogen and oxygen atoms in total. The highest BCUT2D eigenvalue weighted by Gasteiger charge is 2.18. The standard InChI is InChI=1S/C21H18N2O/c24-21(22-14-15-6-2-1-3-7-15)23-18-11-10-17-12-16-8-4-5-9-19(16)20(17)13-18/h1-11,13H,12,14H2,(H2,22,23,24). The lowest BCUT2D eigenvalue weighted by atomic mass is 10.1. The molecule has 1 aliphatic carbocycles. The molecular weight excluding hydrogens is 296 g/mol. The highest BCUT2D eigenvalue weighted by atomic mass is 16.2. The van der Waals surface area contributed by atoms with Crippen LogP contribution in [0.25, 0.3) is 11.1 Å². The maximum absolute atomic E-state index is 12.1. The quantitative estimate of drug-likeness (QED) is 0.571. The molecule has 0 fully saturated rings. The Kier molecular flexibility index (Phi) is 3.75. The molecule has 0 unspecified atom stereocenters. The zero-order valence-electron chi connectivity index (χ0n) is 13.3. The monoisotopic (exact) mass is 314 g/mol. The fourth-order valence-corrected chi connectivity index (χ4v) is 3.15. The van der Waals surface area contributed by atoms with E-state index in [2.05, 4.69) is 47.0 Å². The van der Waals surface area contributed by atoms with Gasteiger partial charge < -0.3 is 10.6 Å². The number of nitrogens with one attached hydrogen (secondary N) is 2. The molecule has 2 amide bonds. The summed E-state index contributed by atoms with van der Waals surface area (Å²) in [5.41, 5.74) is 7.03. The van der Waals surface area contributed by atoms with Crippen LogP contribution in [0.3, 0.4) is 0 Å². The Labute approximate surface area is 141 Å². The minimum Gasteiger partial charge on any atom is -0.334 e. The van der Waals surface area contributed by atoms with Crippen LogP contribution >= 0.6 is 0 Å². The normalized spacial score (nSPS) is 11.5.